The molecule has 24 heavy (non-hydrogen) atoms. The minimum atomic E-state index is -0.794. The summed E-state index contributed by atoms with van der Waals surface area (Å²) in [6, 6.07) is 8.00. The Bertz CT molecular complexity index is 772. The number of anilines is 1. The van der Waals surface area contributed by atoms with Crippen molar-refractivity contribution >= 4 is 17.0 Å². The molecule has 2 atom stereocenters. The molecule has 1 saturated heterocycles. The Morgan fingerprint density at radius 1 is 1.25 bits per heavy atom. The molecule has 2 N–H and O–H groups in total. The molecule has 1 fully saturated rings. The van der Waals surface area contributed by atoms with Crippen LogP contribution in [0, 0.1) is 0 Å². The van der Waals surface area contributed by atoms with Gasteiger partial charge in [-0.2, -0.15) is 0 Å². The van der Waals surface area contributed by atoms with E-state index in [9.17, 15) is 4.39 Å². The Morgan fingerprint density at radius 2 is 2.08 bits per heavy atom. The SMILES string of the molecule is F[C@H]1C[C@@H](CNc2nc3ccccc3[nH]2)N(Cc2cncnc2)C1. The number of imidazole rings is 1. The van der Waals surface area contributed by atoms with Crippen LogP contribution >= 0.6 is 0 Å². The van der Waals surface area contributed by atoms with Crippen LogP contribution in [0.15, 0.2) is 43.0 Å². The van der Waals surface area contributed by atoms with Crippen LogP contribution in [0.4, 0.5) is 10.3 Å². The Morgan fingerprint density at radius 3 is 2.92 bits per heavy atom. The van der Waals surface area contributed by atoms with E-state index in [-0.39, 0.29) is 6.04 Å². The zero-order valence-corrected chi connectivity index (χ0v) is 13.2. The zero-order chi connectivity index (χ0) is 16.4. The van der Waals surface area contributed by atoms with Gasteiger partial charge in [-0.25, -0.2) is 19.3 Å². The average Bonchev–Trinajstić information content (AvgIpc) is 3.16. The van der Waals surface area contributed by atoms with E-state index in [2.05, 4.69) is 30.2 Å². The Labute approximate surface area is 139 Å². The molecular weight excluding hydrogens is 307 g/mol. The maximum atomic E-state index is 13.9. The molecule has 3 aromatic rings. The molecule has 0 bridgehead atoms. The van der Waals surface area contributed by atoms with Gasteiger partial charge in [0.05, 0.1) is 11.0 Å². The molecule has 3 heterocycles. The monoisotopic (exact) mass is 326 g/mol. The zero-order valence-electron chi connectivity index (χ0n) is 13.2. The van der Waals surface area contributed by atoms with Crippen molar-refractivity contribution in [3.8, 4) is 0 Å². The minimum absolute atomic E-state index is 0.119. The Kier molecular flexibility index (Phi) is 4.08. The standard InChI is InChI=1S/C17H19FN6/c18-13-5-14(24(10-13)9-12-6-19-11-20-7-12)8-21-17-22-15-3-1-2-4-16(15)23-17/h1-4,6-7,11,13-14H,5,8-10H2,(H2,21,22,23)/t13-,14-/m0/s1. The van der Waals surface area contributed by atoms with Crippen molar-refractivity contribution < 1.29 is 4.39 Å². The molecule has 0 amide bonds. The molecule has 1 aromatic carbocycles. The second kappa shape index (κ2) is 6.52. The number of likely N-dealkylation sites (tertiary alicyclic amines) is 1. The summed E-state index contributed by atoms with van der Waals surface area (Å²) in [6.07, 6.45) is 4.80. The van der Waals surface area contributed by atoms with E-state index in [0.717, 1.165) is 22.5 Å². The van der Waals surface area contributed by atoms with E-state index in [4.69, 9.17) is 0 Å². The molecule has 0 saturated carbocycles. The van der Waals surface area contributed by atoms with E-state index in [0.29, 0.717) is 26.1 Å². The molecule has 6 nitrogen and oxygen atoms in total. The molecule has 0 radical (unpaired) electrons. The predicted molar refractivity (Wildman–Crippen MR) is 90.3 cm³/mol. The molecule has 1 aliphatic rings. The van der Waals surface area contributed by atoms with Crippen LogP contribution in [0.2, 0.25) is 0 Å². The van der Waals surface area contributed by atoms with Gasteiger partial charge in [-0.1, -0.05) is 12.1 Å². The highest BCUT2D eigenvalue weighted by Crippen LogP contribution is 2.23. The number of para-hydroxylation sites is 2. The number of aromatic amines is 1. The third-order valence-electron chi connectivity index (χ3n) is 4.37. The van der Waals surface area contributed by atoms with Gasteiger partial charge in [0.2, 0.25) is 5.95 Å². The number of hydrogen-bond acceptors (Lipinski definition) is 5. The van der Waals surface area contributed by atoms with Gasteiger partial charge in [-0.3, -0.25) is 4.90 Å². The number of alkyl halides is 1. The molecule has 0 aliphatic carbocycles. The quantitative estimate of drug-likeness (QED) is 0.753. The highest BCUT2D eigenvalue weighted by molar-refractivity contribution is 5.77. The van der Waals surface area contributed by atoms with Gasteiger partial charge in [0.1, 0.15) is 12.5 Å². The summed E-state index contributed by atoms with van der Waals surface area (Å²) in [5.41, 5.74) is 2.92. The molecule has 7 heteroatoms. The predicted octanol–water partition coefficient (Wildman–Crippen LogP) is 2.38. The smallest absolute Gasteiger partial charge is 0.201 e. The lowest BCUT2D eigenvalue weighted by atomic mass is 10.2. The molecular formula is C17H19FN6. The van der Waals surface area contributed by atoms with E-state index >= 15 is 0 Å². The first-order valence-corrected chi connectivity index (χ1v) is 8.08. The summed E-state index contributed by atoms with van der Waals surface area (Å²) in [5.74, 6) is 0.724. The second-order valence-corrected chi connectivity index (χ2v) is 6.15. The number of aromatic nitrogens is 4. The van der Waals surface area contributed by atoms with Gasteiger partial charge in [0.15, 0.2) is 0 Å². The number of nitrogens with zero attached hydrogens (tertiary/aromatic N) is 4. The van der Waals surface area contributed by atoms with Crippen molar-refractivity contribution in [1.82, 2.24) is 24.8 Å². The largest absolute Gasteiger partial charge is 0.354 e. The van der Waals surface area contributed by atoms with Crippen LogP contribution in [0.5, 0.6) is 0 Å². The number of rotatable bonds is 5. The third kappa shape index (κ3) is 3.21. The van der Waals surface area contributed by atoms with Gasteiger partial charge in [-0.05, 0) is 18.6 Å². The normalized spacial score (nSPS) is 21.4. The van der Waals surface area contributed by atoms with Crippen molar-refractivity contribution in [3.05, 3.63) is 48.5 Å². The number of hydrogen-bond donors (Lipinski definition) is 2. The van der Waals surface area contributed by atoms with Crippen LogP contribution in [-0.4, -0.2) is 50.1 Å². The van der Waals surface area contributed by atoms with E-state index in [1.54, 1.807) is 12.4 Å². The van der Waals surface area contributed by atoms with Gasteiger partial charge < -0.3 is 10.3 Å². The summed E-state index contributed by atoms with van der Waals surface area (Å²) >= 11 is 0. The van der Waals surface area contributed by atoms with E-state index in [1.165, 1.54) is 6.33 Å². The molecule has 0 unspecified atom stereocenters. The maximum absolute atomic E-state index is 13.9. The van der Waals surface area contributed by atoms with Gasteiger partial charge in [-0.15, -0.1) is 0 Å². The number of nitrogens with one attached hydrogen (secondary N) is 2. The molecule has 4 rings (SSSR count). The van der Waals surface area contributed by atoms with Gasteiger partial charge >= 0.3 is 0 Å². The summed E-state index contributed by atoms with van der Waals surface area (Å²) in [7, 11) is 0. The first-order chi connectivity index (χ1) is 11.8. The first-order valence-electron chi connectivity index (χ1n) is 8.08. The number of H-pyrrole nitrogens is 1. The molecule has 2 aromatic heterocycles. The topological polar surface area (TPSA) is 69.7 Å². The van der Waals surface area contributed by atoms with Crippen LogP contribution in [0.3, 0.4) is 0 Å². The van der Waals surface area contributed by atoms with E-state index < -0.39 is 6.17 Å². The van der Waals surface area contributed by atoms with Gasteiger partial charge in [0.25, 0.3) is 0 Å². The molecule has 124 valence electrons. The van der Waals surface area contributed by atoms with Crippen molar-refractivity contribution in [3.63, 3.8) is 0 Å². The average molecular weight is 326 g/mol. The van der Waals surface area contributed by atoms with Crippen molar-refractivity contribution in [2.75, 3.05) is 18.4 Å². The fraction of sp³-hybridized carbons (Fsp3) is 0.353. The summed E-state index contributed by atoms with van der Waals surface area (Å²) < 4.78 is 13.9. The first kappa shape index (κ1) is 15.0. The fourth-order valence-corrected chi connectivity index (χ4v) is 3.23. The third-order valence-corrected chi connectivity index (χ3v) is 4.37. The van der Waals surface area contributed by atoms with Crippen LogP contribution in [-0.2, 0) is 6.54 Å². The summed E-state index contributed by atoms with van der Waals surface area (Å²) in [4.78, 5) is 17.9. The Hall–Kier alpha value is -2.54. The van der Waals surface area contributed by atoms with Crippen molar-refractivity contribution in [1.29, 1.82) is 0 Å². The number of fused-ring (bicyclic) bond motifs is 1. The van der Waals surface area contributed by atoms with Gasteiger partial charge in [0, 0.05) is 43.6 Å². The molecule has 1 aliphatic heterocycles. The van der Waals surface area contributed by atoms with Crippen LogP contribution in [0.25, 0.3) is 11.0 Å². The van der Waals surface area contributed by atoms with E-state index in [1.807, 2.05) is 24.3 Å². The maximum Gasteiger partial charge on any atom is 0.201 e. The number of benzene rings is 1. The van der Waals surface area contributed by atoms with Crippen LogP contribution < -0.4 is 5.32 Å². The van der Waals surface area contributed by atoms with Crippen LogP contribution in [0.1, 0.15) is 12.0 Å². The van der Waals surface area contributed by atoms with Crippen molar-refractivity contribution in [2.24, 2.45) is 0 Å². The highest BCUT2D eigenvalue weighted by Gasteiger charge is 2.32. The minimum Gasteiger partial charge on any atom is -0.354 e. The Balaban J connectivity index is 1.42. The summed E-state index contributed by atoms with van der Waals surface area (Å²) in [6.45, 7) is 1.75. The lowest BCUT2D eigenvalue weighted by Crippen LogP contribution is -2.34. The fourth-order valence-electron chi connectivity index (χ4n) is 3.23. The van der Waals surface area contributed by atoms with Crippen molar-refractivity contribution in [2.45, 2.75) is 25.2 Å². The second-order valence-electron chi connectivity index (χ2n) is 6.15. The summed E-state index contributed by atoms with van der Waals surface area (Å²) in [5, 5.41) is 3.31. The lowest BCUT2D eigenvalue weighted by molar-refractivity contribution is 0.241. The molecule has 0 spiro atoms. The highest BCUT2D eigenvalue weighted by atomic mass is 19.1. The lowest BCUT2D eigenvalue weighted by Gasteiger charge is -2.23. The number of halogens is 1.